The zero-order valence-corrected chi connectivity index (χ0v) is 6.80. The topological polar surface area (TPSA) is 25.8 Å². The van der Waals surface area contributed by atoms with E-state index in [4.69, 9.17) is 0 Å². The third-order valence-electron chi connectivity index (χ3n) is 2.23. The molecule has 0 amide bonds. The summed E-state index contributed by atoms with van der Waals surface area (Å²) >= 11 is 0. The van der Waals surface area contributed by atoms with Crippen molar-refractivity contribution in [2.75, 3.05) is 0 Å². The highest BCUT2D eigenvalue weighted by Gasteiger charge is 2.12. The van der Waals surface area contributed by atoms with E-state index in [1.54, 1.807) is 0 Å². The van der Waals surface area contributed by atoms with E-state index in [2.05, 4.69) is 23.2 Å². The Morgan fingerprint density at radius 3 is 3.09 bits per heavy atom. The number of nitrogens with zero attached hydrogens (tertiary/aromatic N) is 2. The molecule has 2 rings (SSSR count). The third-order valence-corrected chi connectivity index (χ3v) is 2.23. The molecule has 0 saturated heterocycles. The van der Waals surface area contributed by atoms with Gasteiger partial charge >= 0.3 is 0 Å². The second kappa shape index (κ2) is 2.61. The first-order valence-corrected chi connectivity index (χ1v) is 4.24. The van der Waals surface area contributed by atoms with Crippen molar-refractivity contribution < 1.29 is 0 Å². The first-order chi connectivity index (χ1) is 5.40. The quantitative estimate of drug-likeness (QED) is 0.603. The average molecular weight is 148 g/mol. The van der Waals surface area contributed by atoms with Crippen molar-refractivity contribution in [1.82, 2.24) is 10.2 Å². The average Bonchev–Trinajstić information content (AvgIpc) is 2.50. The van der Waals surface area contributed by atoms with Gasteiger partial charge in [-0.2, -0.15) is 10.2 Å². The summed E-state index contributed by atoms with van der Waals surface area (Å²) in [6.07, 6.45) is 4.60. The molecule has 0 unspecified atom stereocenters. The molecule has 0 radical (unpaired) electrons. The summed E-state index contributed by atoms with van der Waals surface area (Å²) < 4.78 is 0. The first-order valence-electron chi connectivity index (χ1n) is 4.24. The van der Waals surface area contributed by atoms with E-state index < -0.39 is 0 Å². The van der Waals surface area contributed by atoms with E-state index in [-0.39, 0.29) is 0 Å². The summed E-state index contributed by atoms with van der Waals surface area (Å²) in [4.78, 5) is 0. The summed E-state index contributed by atoms with van der Waals surface area (Å²) in [5.41, 5.74) is 3.78. The number of aryl methyl sites for hydroxylation is 3. The predicted octanol–water partition coefficient (Wildman–Crippen LogP) is 1.53. The number of hydrogen-bond acceptors (Lipinski definition) is 2. The molecule has 2 nitrogen and oxygen atoms in total. The van der Waals surface area contributed by atoms with E-state index in [9.17, 15) is 0 Å². The van der Waals surface area contributed by atoms with E-state index in [0.717, 1.165) is 18.5 Å². The summed E-state index contributed by atoms with van der Waals surface area (Å²) in [5.74, 6) is 0. The van der Waals surface area contributed by atoms with Gasteiger partial charge in [-0.1, -0.05) is 6.92 Å². The standard InChI is InChI=1S/C9H12N2/c1-2-8-6-7-4-3-5-9(7)11-10-8/h6H,2-5H2,1H3. The molecule has 2 heteroatoms. The van der Waals surface area contributed by atoms with Gasteiger partial charge in [-0.15, -0.1) is 0 Å². The van der Waals surface area contributed by atoms with Gasteiger partial charge in [0.05, 0.1) is 11.4 Å². The fraction of sp³-hybridized carbons (Fsp3) is 0.556. The second-order valence-electron chi connectivity index (χ2n) is 3.01. The molecule has 0 N–H and O–H groups in total. The van der Waals surface area contributed by atoms with Crippen molar-refractivity contribution in [3.63, 3.8) is 0 Å². The van der Waals surface area contributed by atoms with Crippen LogP contribution in [0.15, 0.2) is 6.07 Å². The monoisotopic (exact) mass is 148 g/mol. The van der Waals surface area contributed by atoms with Gasteiger partial charge in [0.1, 0.15) is 0 Å². The van der Waals surface area contributed by atoms with E-state index in [1.807, 2.05) is 0 Å². The van der Waals surface area contributed by atoms with Gasteiger partial charge in [0, 0.05) is 0 Å². The second-order valence-corrected chi connectivity index (χ2v) is 3.01. The Morgan fingerprint density at radius 2 is 2.27 bits per heavy atom. The Hall–Kier alpha value is -0.920. The molecule has 0 bridgehead atoms. The van der Waals surface area contributed by atoms with Crippen LogP contribution in [0, 0.1) is 0 Å². The minimum absolute atomic E-state index is 1.00. The normalized spacial score (nSPS) is 15.0. The summed E-state index contributed by atoms with van der Waals surface area (Å²) in [6, 6.07) is 2.20. The molecule has 11 heavy (non-hydrogen) atoms. The molecule has 1 aromatic heterocycles. The molecule has 0 saturated carbocycles. The lowest BCUT2D eigenvalue weighted by atomic mass is 10.2. The largest absolute Gasteiger partial charge is 0.155 e. The van der Waals surface area contributed by atoms with Crippen LogP contribution in [0.5, 0.6) is 0 Å². The molecule has 1 aliphatic carbocycles. The smallest absolute Gasteiger partial charge is 0.0663 e. The van der Waals surface area contributed by atoms with Crippen LogP contribution in [0.4, 0.5) is 0 Å². The highest BCUT2D eigenvalue weighted by atomic mass is 15.1. The van der Waals surface area contributed by atoms with Crippen molar-refractivity contribution in [3.05, 3.63) is 23.0 Å². The minimum Gasteiger partial charge on any atom is -0.155 e. The van der Waals surface area contributed by atoms with Crippen molar-refractivity contribution in [2.45, 2.75) is 32.6 Å². The lowest BCUT2D eigenvalue weighted by Crippen LogP contribution is -1.96. The summed E-state index contributed by atoms with van der Waals surface area (Å²) in [6.45, 7) is 2.12. The third kappa shape index (κ3) is 1.13. The minimum atomic E-state index is 1.00. The first kappa shape index (κ1) is 6.77. The zero-order chi connectivity index (χ0) is 7.68. The maximum atomic E-state index is 4.18. The van der Waals surface area contributed by atoms with Crippen molar-refractivity contribution >= 4 is 0 Å². The molecule has 1 aromatic rings. The SMILES string of the molecule is CCc1cc2c(nn1)CCC2. The molecule has 58 valence electrons. The number of hydrogen-bond donors (Lipinski definition) is 0. The number of aromatic nitrogens is 2. The van der Waals surface area contributed by atoms with Crippen LogP contribution in [-0.4, -0.2) is 10.2 Å². The molecule has 0 atom stereocenters. The molecule has 0 spiro atoms. The van der Waals surface area contributed by atoms with Gasteiger partial charge < -0.3 is 0 Å². The van der Waals surface area contributed by atoms with Crippen LogP contribution in [0.2, 0.25) is 0 Å². The van der Waals surface area contributed by atoms with Gasteiger partial charge in [-0.3, -0.25) is 0 Å². The van der Waals surface area contributed by atoms with Gasteiger partial charge in [-0.05, 0) is 37.3 Å². The van der Waals surface area contributed by atoms with Crippen LogP contribution in [-0.2, 0) is 19.3 Å². The van der Waals surface area contributed by atoms with Crippen LogP contribution < -0.4 is 0 Å². The predicted molar refractivity (Wildman–Crippen MR) is 43.4 cm³/mol. The lowest BCUT2D eigenvalue weighted by molar-refractivity contribution is 0.855. The maximum absolute atomic E-state index is 4.18. The van der Waals surface area contributed by atoms with Gasteiger partial charge in [0.15, 0.2) is 0 Å². The molecular weight excluding hydrogens is 136 g/mol. The van der Waals surface area contributed by atoms with E-state index >= 15 is 0 Å². The van der Waals surface area contributed by atoms with Crippen LogP contribution in [0.1, 0.15) is 30.3 Å². The molecule has 0 aliphatic heterocycles. The Bertz CT molecular complexity index is 268. The molecular formula is C9H12N2. The highest BCUT2D eigenvalue weighted by molar-refractivity contribution is 5.25. The molecule has 1 heterocycles. The lowest BCUT2D eigenvalue weighted by Gasteiger charge is -1.98. The number of rotatable bonds is 1. The van der Waals surface area contributed by atoms with Crippen molar-refractivity contribution in [3.8, 4) is 0 Å². The van der Waals surface area contributed by atoms with Crippen LogP contribution >= 0.6 is 0 Å². The number of fused-ring (bicyclic) bond motifs is 1. The van der Waals surface area contributed by atoms with Crippen molar-refractivity contribution in [2.24, 2.45) is 0 Å². The van der Waals surface area contributed by atoms with Gasteiger partial charge in [-0.25, -0.2) is 0 Å². The maximum Gasteiger partial charge on any atom is 0.0663 e. The van der Waals surface area contributed by atoms with Crippen LogP contribution in [0.3, 0.4) is 0 Å². The molecule has 0 fully saturated rings. The molecule has 1 aliphatic rings. The van der Waals surface area contributed by atoms with E-state index in [0.29, 0.717) is 0 Å². The van der Waals surface area contributed by atoms with Crippen molar-refractivity contribution in [1.29, 1.82) is 0 Å². The molecule has 0 aromatic carbocycles. The Kier molecular flexibility index (Phi) is 1.60. The zero-order valence-electron chi connectivity index (χ0n) is 6.80. The Balaban J connectivity index is 2.41. The fourth-order valence-corrected chi connectivity index (χ4v) is 1.55. The summed E-state index contributed by atoms with van der Waals surface area (Å²) in [7, 11) is 0. The van der Waals surface area contributed by atoms with Crippen LogP contribution in [0.25, 0.3) is 0 Å². The Labute approximate surface area is 66.7 Å². The van der Waals surface area contributed by atoms with Gasteiger partial charge in [0.25, 0.3) is 0 Å². The fourth-order valence-electron chi connectivity index (χ4n) is 1.55. The van der Waals surface area contributed by atoms with E-state index in [1.165, 1.54) is 24.1 Å². The highest BCUT2D eigenvalue weighted by Crippen LogP contribution is 2.18. The Morgan fingerprint density at radius 1 is 1.36 bits per heavy atom. The van der Waals surface area contributed by atoms with Gasteiger partial charge in [0.2, 0.25) is 0 Å². The summed E-state index contributed by atoms with van der Waals surface area (Å²) in [5, 5.41) is 8.30.